The van der Waals surface area contributed by atoms with Crippen molar-refractivity contribution in [1.82, 2.24) is 0 Å². The fourth-order valence-corrected chi connectivity index (χ4v) is 6.56. The summed E-state index contributed by atoms with van der Waals surface area (Å²) in [6.07, 6.45) is 2.18. The maximum atomic E-state index is 4.84. The van der Waals surface area contributed by atoms with Crippen molar-refractivity contribution in [2.75, 3.05) is 0 Å². The lowest BCUT2D eigenvalue weighted by atomic mass is 9.93. The first kappa shape index (κ1) is 22.3. The molecule has 7 aromatic rings. The van der Waals surface area contributed by atoms with Crippen molar-refractivity contribution in [3.8, 4) is 22.3 Å². The van der Waals surface area contributed by atoms with Gasteiger partial charge in [0.1, 0.15) is 0 Å². The molecule has 182 valence electrons. The Morgan fingerprint density at radius 1 is 0.462 bits per heavy atom. The number of nitrogens with zero attached hydrogens (tertiary/aromatic N) is 1. The Balaban J connectivity index is 1.30. The van der Waals surface area contributed by atoms with E-state index < -0.39 is 0 Å². The number of allylic oxidation sites excluding steroid dienone is 1. The highest BCUT2D eigenvalue weighted by Gasteiger charge is 2.12. The Morgan fingerprint density at radius 2 is 1.08 bits per heavy atom. The Morgan fingerprint density at radius 3 is 1.92 bits per heavy atom. The SMILES string of the molecule is C=C1C=c2c(c3ccccc3c3ccc(-c4cccc(-c5ccc6c(ccc7ccccc76)c5)c4)cc23)=NS1. The molecule has 1 aliphatic rings. The average molecular weight is 514 g/mol. The monoisotopic (exact) mass is 513 g/mol. The van der Waals surface area contributed by atoms with Gasteiger partial charge in [-0.15, -0.1) is 0 Å². The van der Waals surface area contributed by atoms with E-state index in [1.54, 1.807) is 0 Å². The minimum Gasteiger partial charge on any atom is -0.210 e. The second-order valence-electron chi connectivity index (χ2n) is 10.2. The fourth-order valence-electron chi connectivity index (χ4n) is 5.99. The highest BCUT2D eigenvalue weighted by molar-refractivity contribution is 8.02. The maximum Gasteiger partial charge on any atom is 0.0874 e. The zero-order chi connectivity index (χ0) is 25.9. The Kier molecular flexibility index (Phi) is 4.98. The van der Waals surface area contributed by atoms with Crippen LogP contribution in [0, 0.1) is 0 Å². The molecule has 0 bridgehead atoms. The van der Waals surface area contributed by atoms with E-state index in [1.807, 2.05) is 0 Å². The van der Waals surface area contributed by atoms with E-state index in [2.05, 4.69) is 134 Å². The lowest BCUT2D eigenvalue weighted by Crippen LogP contribution is -2.28. The van der Waals surface area contributed by atoms with Crippen LogP contribution in [0.3, 0.4) is 0 Å². The van der Waals surface area contributed by atoms with Crippen molar-refractivity contribution in [1.29, 1.82) is 0 Å². The van der Waals surface area contributed by atoms with E-state index in [4.69, 9.17) is 4.40 Å². The zero-order valence-corrected chi connectivity index (χ0v) is 22.0. The molecule has 0 atom stereocenters. The van der Waals surface area contributed by atoms with Gasteiger partial charge in [0.25, 0.3) is 0 Å². The first-order chi connectivity index (χ1) is 19.2. The molecule has 0 spiro atoms. The highest BCUT2D eigenvalue weighted by Crippen LogP contribution is 2.33. The van der Waals surface area contributed by atoms with Crippen molar-refractivity contribution in [2.45, 2.75) is 0 Å². The van der Waals surface area contributed by atoms with Crippen LogP contribution in [0.1, 0.15) is 0 Å². The number of fused-ring (bicyclic) bond motifs is 9. The van der Waals surface area contributed by atoms with E-state index in [1.165, 1.54) is 77.3 Å². The van der Waals surface area contributed by atoms with Gasteiger partial charge >= 0.3 is 0 Å². The summed E-state index contributed by atoms with van der Waals surface area (Å²) >= 11 is 1.46. The van der Waals surface area contributed by atoms with E-state index in [0.717, 1.165) is 15.5 Å². The van der Waals surface area contributed by atoms with Crippen LogP contribution in [0.5, 0.6) is 0 Å². The van der Waals surface area contributed by atoms with Crippen LogP contribution in [-0.4, -0.2) is 0 Å². The van der Waals surface area contributed by atoms with E-state index in [-0.39, 0.29) is 0 Å². The van der Waals surface area contributed by atoms with Gasteiger partial charge in [0.2, 0.25) is 0 Å². The van der Waals surface area contributed by atoms with Crippen molar-refractivity contribution in [3.05, 3.63) is 143 Å². The smallest absolute Gasteiger partial charge is 0.0874 e. The molecule has 0 radical (unpaired) electrons. The molecule has 0 fully saturated rings. The zero-order valence-electron chi connectivity index (χ0n) is 21.2. The molecule has 0 unspecified atom stereocenters. The Labute approximate surface area is 230 Å². The third-order valence-electron chi connectivity index (χ3n) is 7.87. The molecule has 39 heavy (non-hydrogen) atoms. The summed E-state index contributed by atoms with van der Waals surface area (Å²) in [5, 5.41) is 12.2. The van der Waals surface area contributed by atoms with Crippen LogP contribution in [0.2, 0.25) is 0 Å². The molecule has 0 amide bonds. The van der Waals surface area contributed by atoms with Crippen LogP contribution >= 0.6 is 11.9 Å². The van der Waals surface area contributed by atoms with E-state index in [9.17, 15) is 0 Å². The lowest BCUT2D eigenvalue weighted by Gasteiger charge is -2.12. The standard InChI is InChI=1S/C37H23NS/c1-23-19-36-35-22-28(16-18-33(35)32-11-4-5-12-34(32)37(36)38-39-23)26-9-6-8-25(20-26)27-15-17-31-29(21-27)14-13-24-7-2-3-10-30(24)31/h2-22H,1H2. The minimum absolute atomic E-state index is 0.968. The van der Waals surface area contributed by atoms with Gasteiger partial charge in [-0.3, -0.25) is 0 Å². The molecule has 8 rings (SSSR count). The fraction of sp³-hybridized carbons (Fsp3) is 0. The van der Waals surface area contributed by atoms with Gasteiger partial charge in [0.15, 0.2) is 0 Å². The average Bonchev–Trinajstić information content (AvgIpc) is 3.00. The van der Waals surface area contributed by atoms with Crippen LogP contribution in [0.15, 0.2) is 137 Å². The summed E-state index contributed by atoms with van der Waals surface area (Å²) in [4.78, 5) is 0.968. The van der Waals surface area contributed by atoms with Gasteiger partial charge in [0.05, 0.1) is 5.36 Å². The molecule has 0 saturated carbocycles. The third-order valence-corrected chi connectivity index (χ3v) is 8.50. The van der Waals surface area contributed by atoms with E-state index in [0.29, 0.717) is 0 Å². The molecule has 0 aliphatic carbocycles. The molecule has 2 heteroatoms. The lowest BCUT2D eigenvalue weighted by molar-refractivity contribution is 1.48. The first-order valence-electron chi connectivity index (χ1n) is 13.2. The molecule has 1 nitrogen and oxygen atoms in total. The first-order valence-corrected chi connectivity index (χ1v) is 13.9. The molecule has 0 aromatic heterocycles. The summed E-state index contributed by atoms with van der Waals surface area (Å²) in [6.45, 7) is 4.18. The van der Waals surface area contributed by atoms with Crippen molar-refractivity contribution in [3.63, 3.8) is 0 Å². The quantitative estimate of drug-likeness (QED) is 0.166. The second kappa shape index (κ2) is 8.69. The van der Waals surface area contributed by atoms with Crippen LogP contribution in [0.4, 0.5) is 0 Å². The number of benzene rings is 7. The summed E-state index contributed by atoms with van der Waals surface area (Å²) in [5.41, 5.74) is 4.85. The highest BCUT2D eigenvalue weighted by atomic mass is 32.2. The second-order valence-corrected chi connectivity index (χ2v) is 11.1. The summed E-state index contributed by atoms with van der Waals surface area (Å²) in [7, 11) is 0. The van der Waals surface area contributed by atoms with Gasteiger partial charge in [-0.25, -0.2) is 4.40 Å². The summed E-state index contributed by atoms with van der Waals surface area (Å²) in [6, 6.07) is 44.1. The van der Waals surface area contributed by atoms with E-state index >= 15 is 0 Å². The number of hydrogen-bond acceptors (Lipinski definition) is 2. The van der Waals surface area contributed by atoms with Gasteiger partial charge < -0.3 is 0 Å². The molecule has 1 aliphatic heterocycles. The molecular formula is C37H23NS. The van der Waals surface area contributed by atoms with Gasteiger partial charge in [-0.1, -0.05) is 110 Å². The molecule has 7 aromatic carbocycles. The van der Waals surface area contributed by atoms with Crippen LogP contribution in [0.25, 0.3) is 71.4 Å². The van der Waals surface area contributed by atoms with Crippen molar-refractivity contribution >= 4 is 61.1 Å². The predicted octanol–water partition coefficient (Wildman–Crippen LogP) is 9.21. The maximum absolute atomic E-state index is 4.84. The topological polar surface area (TPSA) is 12.4 Å². The van der Waals surface area contributed by atoms with Gasteiger partial charge in [-0.2, -0.15) is 0 Å². The van der Waals surface area contributed by atoms with Crippen molar-refractivity contribution in [2.24, 2.45) is 4.40 Å². The molecule has 0 N–H and O–H groups in total. The normalized spacial score (nSPS) is 13.0. The molecule has 1 heterocycles. The van der Waals surface area contributed by atoms with Gasteiger partial charge in [0, 0.05) is 27.5 Å². The summed E-state index contributed by atoms with van der Waals surface area (Å²) in [5.74, 6) is 0. The van der Waals surface area contributed by atoms with Crippen molar-refractivity contribution < 1.29 is 0 Å². The third kappa shape index (κ3) is 3.60. The number of hydrogen-bond donors (Lipinski definition) is 0. The minimum atomic E-state index is 0.968. The van der Waals surface area contributed by atoms with Crippen LogP contribution < -0.4 is 10.6 Å². The Hall–Kier alpha value is -4.66. The molecular weight excluding hydrogens is 490 g/mol. The molecule has 0 saturated heterocycles. The largest absolute Gasteiger partial charge is 0.210 e. The van der Waals surface area contributed by atoms with Gasteiger partial charge in [-0.05, 0) is 84.2 Å². The van der Waals surface area contributed by atoms with Crippen LogP contribution in [-0.2, 0) is 0 Å². The number of rotatable bonds is 2. The summed E-state index contributed by atoms with van der Waals surface area (Å²) < 4.78 is 4.84. The predicted molar refractivity (Wildman–Crippen MR) is 169 cm³/mol. The Bertz CT molecular complexity index is 2280.